The van der Waals surface area contributed by atoms with Crippen molar-refractivity contribution in [1.82, 2.24) is 10.6 Å². The molecule has 0 aliphatic rings. The van der Waals surface area contributed by atoms with Gasteiger partial charge in [0.25, 0.3) is 0 Å². The summed E-state index contributed by atoms with van der Waals surface area (Å²) in [6.07, 6.45) is 3.49. The summed E-state index contributed by atoms with van der Waals surface area (Å²) in [4.78, 5) is 25.6. The van der Waals surface area contributed by atoms with Crippen LogP contribution in [0.2, 0.25) is 0 Å². The lowest BCUT2D eigenvalue weighted by molar-refractivity contribution is -0.116. The van der Waals surface area contributed by atoms with Gasteiger partial charge in [0.2, 0.25) is 5.91 Å². The maximum absolute atomic E-state index is 13.1. The van der Waals surface area contributed by atoms with E-state index >= 15 is 0 Å². The Morgan fingerprint density at radius 3 is 2.43 bits per heavy atom. The SMILES string of the molecule is CN(C)c1ccc(NC(=O)NCCCNC(=O)C=Cc2cccc(F)c2)cc1. The second kappa shape index (κ2) is 10.7. The lowest BCUT2D eigenvalue weighted by Gasteiger charge is -2.13. The highest BCUT2D eigenvalue weighted by molar-refractivity contribution is 5.91. The zero-order valence-corrected chi connectivity index (χ0v) is 16.0. The maximum Gasteiger partial charge on any atom is 0.319 e. The second-order valence-corrected chi connectivity index (χ2v) is 6.36. The number of carbonyl (C=O) groups is 2. The maximum atomic E-state index is 13.1. The molecular weight excluding hydrogens is 359 g/mol. The molecule has 0 aromatic heterocycles. The standard InChI is InChI=1S/C21H25FN4O2/c1-26(2)19-10-8-18(9-11-19)25-21(28)24-14-4-13-23-20(27)12-7-16-5-3-6-17(22)15-16/h3,5-12,15H,4,13-14H2,1-2H3,(H,23,27)(H2,24,25,28). The van der Waals surface area contributed by atoms with Gasteiger partial charge in [0.1, 0.15) is 5.82 Å². The molecule has 2 aromatic rings. The summed E-state index contributed by atoms with van der Waals surface area (Å²) in [6, 6.07) is 13.2. The molecule has 3 N–H and O–H groups in total. The van der Waals surface area contributed by atoms with Crippen molar-refractivity contribution >= 4 is 29.4 Å². The van der Waals surface area contributed by atoms with E-state index in [4.69, 9.17) is 0 Å². The Labute approximate surface area is 164 Å². The molecule has 148 valence electrons. The number of hydrogen-bond acceptors (Lipinski definition) is 3. The first-order valence-corrected chi connectivity index (χ1v) is 8.98. The molecule has 0 aliphatic heterocycles. The number of urea groups is 1. The smallest absolute Gasteiger partial charge is 0.319 e. The van der Waals surface area contributed by atoms with Crippen molar-refractivity contribution < 1.29 is 14.0 Å². The van der Waals surface area contributed by atoms with E-state index in [-0.39, 0.29) is 17.8 Å². The van der Waals surface area contributed by atoms with Crippen LogP contribution in [-0.2, 0) is 4.79 Å². The van der Waals surface area contributed by atoms with E-state index < -0.39 is 0 Å². The molecule has 3 amide bonds. The summed E-state index contributed by atoms with van der Waals surface area (Å²) >= 11 is 0. The summed E-state index contributed by atoms with van der Waals surface area (Å²) < 4.78 is 13.1. The molecule has 6 nitrogen and oxygen atoms in total. The fourth-order valence-corrected chi connectivity index (χ4v) is 2.36. The van der Waals surface area contributed by atoms with Crippen LogP contribution in [0.3, 0.4) is 0 Å². The lowest BCUT2D eigenvalue weighted by Crippen LogP contribution is -2.32. The number of nitrogens with one attached hydrogen (secondary N) is 3. The summed E-state index contributed by atoms with van der Waals surface area (Å²) in [5, 5.41) is 8.20. The molecule has 2 aromatic carbocycles. The second-order valence-electron chi connectivity index (χ2n) is 6.36. The summed E-state index contributed by atoms with van der Waals surface area (Å²) in [6.45, 7) is 0.847. The van der Waals surface area contributed by atoms with Gasteiger partial charge < -0.3 is 20.9 Å². The monoisotopic (exact) mass is 384 g/mol. The molecule has 0 bridgehead atoms. The van der Waals surface area contributed by atoms with Crippen LogP contribution in [0.4, 0.5) is 20.6 Å². The molecule has 0 saturated carbocycles. The average molecular weight is 384 g/mol. The van der Waals surface area contributed by atoms with Crippen LogP contribution in [-0.4, -0.2) is 39.1 Å². The molecule has 0 unspecified atom stereocenters. The Hall–Kier alpha value is -3.35. The van der Waals surface area contributed by atoms with Crippen molar-refractivity contribution in [1.29, 1.82) is 0 Å². The van der Waals surface area contributed by atoms with Crippen LogP contribution in [0.25, 0.3) is 6.08 Å². The Bertz CT molecular complexity index is 819. The molecule has 0 spiro atoms. The Balaban J connectivity index is 1.61. The molecule has 7 heteroatoms. The number of anilines is 2. The van der Waals surface area contributed by atoms with Gasteiger partial charge in [-0.3, -0.25) is 4.79 Å². The van der Waals surface area contributed by atoms with Crippen molar-refractivity contribution in [2.75, 3.05) is 37.4 Å². The minimum absolute atomic E-state index is 0.269. The summed E-state index contributed by atoms with van der Waals surface area (Å²) in [5.41, 5.74) is 2.37. The third-order valence-electron chi connectivity index (χ3n) is 3.86. The third-order valence-corrected chi connectivity index (χ3v) is 3.86. The summed E-state index contributed by atoms with van der Waals surface area (Å²) in [5.74, 6) is -0.616. The fraction of sp³-hybridized carbons (Fsp3) is 0.238. The number of rotatable bonds is 8. The molecule has 0 saturated heterocycles. The van der Waals surface area contributed by atoms with E-state index in [1.54, 1.807) is 18.2 Å². The van der Waals surface area contributed by atoms with E-state index in [1.807, 2.05) is 43.3 Å². The lowest BCUT2D eigenvalue weighted by atomic mass is 10.2. The highest BCUT2D eigenvalue weighted by atomic mass is 19.1. The highest BCUT2D eigenvalue weighted by Gasteiger charge is 2.02. The number of carbonyl (C=O) groups excluding carboxylic acids is 2. The van der Waals surface area contributed by atoms with Gasteiger partial charge in [-0.25, -0.2) is 9.18 Å². The number of nitrogens with zero attached hydrogens (tertiary/aromatic N) is 1. The fourth-order valence-electron chi connectivity index (χ4n) is 2.36. The largest absolute Gasteiger partial charge is 0.378 e. The Morgan fingerprint density at radius 2 is 1.75 bits per heavy atom. The first-order chi connectivity index (χ1) is 13.4. The summed E-state index contributed by atoms with van der Waals surface area (Å²) in [7, 11) is 3.90. The van der Waals surface area contributed by atoms with E-state index in [2.05, 4.69) is 16.0 Å². The molecule has 2 rings (SSSR count). The normalized spacial score (nSPS) is 10.5. The van der Waals surface area contributed by atoms with Gasteiger partial charge in [-0.2, -0.15) is 0 Å². The Morgan fingerprint density at radius 1 is 1.04 bits per heavy atom. The first-order valence-electron chi connectivity index (χ1n) is 8.98. The minimum Gasteiger partial charge on any atom is -0.378 e. The van der Waals surface area contributed by atoms with Gasteiger partial charge >= 0.3 is 6.03 Å². The van der Waals surface area contributed by atoms with E-state index in [9.17, 15) is 14.0 Å². The molecule has 0 aliphatic carbocycles. The van der Waals surface area contributed by atoms with Gasteiger partial charge in [0, 0.05) is 44.6 Å². The van der Waals surface area contributed by atoms with Gasteiger partial charge in [0.05, 0.1) is 0 Å². The van der Waals surface area contributed by atoms with Crippen molar-refractivity contribution in [2.45, 2.75) is 6.42 Å². The number of hydrogen-bond donors (Lipinski definition) is 3. The Kier molecular flexibility index (Phi) is 8.02. The minimum atomic E-state index is -0.347. The topological polar surface area (TPSA) is 73.5 Å². The zero-order chi connectivity index (χ0) is 20.4. The zero-order valence-electron chi connectivity index (χ0n) is 16.0. The molecule has 28 heavy (non-hydrogen) atoms. The molecule has 0 atom stereocenters. The van der Waals surface area contributed by atoms with Crippen LogP contribution in [0.5, 0.6) is 0 Å². The molecular formula is C21H25FN4O2. The van der Waals surface area contributed by atoms with E-state index in [0.29, 0.717) is 30.8 Å². The van der Waals surface area contributed by atoms with Crippen molar-refractivity contribution in [3.8, 4) is 0 Å². The van der Waals surface area contributed by atoms with Crippen LogP contribution >= 0.6 is 0 Å². The van der Waals surface area contributed by atoms with Gasteiger partial charge in [-0.15, -0.1) is 0 Å². The predicted molar refractivity (Wildman–Crippen MR) is 111 cm³/mol. The van der Waals surface area contributed by atoms with Gasteiger partial charge in [-0.1, -0.05) is 12.1 Å². The van der Waals surface area contributed by atoms with Crippen molar-refractivity contribution in [3.05, 3.63) is 66.0 Å². The molecule has 0 fully saturated rings. The quantitative estimate of drug-likeness (QED) is 0.483. The van der Waals surface area contributed by atoms with Crippen LogP contribution in [0.1, 0.15) is 12.0 Å². The highest BCUT2D eigenvalue weighted by Crippen LogP contribution is 2.15. The van der Waals surface area contributed by atoms with E-state index in [1.165, 1.54) is 18.2 Å². The molecule has 0 radical (unpaired) electrons. The van der Waals surface area contributed by atoms with E-state index in [0.717, 1.165) is 5.69 Å². The number of halogens is 1. The van der Waals surface area contributed by atoms with Gasteiger partial charge in [0.15, 0.2) is 0 Å². The van der Waals surface area contributed by atoms with Crippen molar-refractivity contribution in [2.24, 2.45) is 0 Å². The third kappa shape index (κ3) is 7.49. The van der Waals surface area contributed by atoms with Crippen LogP contribution < -0.4 is 20.9 Å². The number of amides is 3. The predicted octanol–water partition coefficient (Wildman–Crippen LogP) is 3.23. The first kappa shape index (κ1) is 21.0. The van der Waals surface area contributed by atoms with Crippen molar-refractivity contribution in [3.63, 3.8) is 0 Å². The van der Waals surface area contributed by atoms with Gasteiger partial charge in [-0.05, 0) is 54.5 Å². The molecule has 0 heterocycles. The number of benzene rings is 2. The van der Waals surface area contributed by atoms with Crippen LogP contribution in [0, 0.1) is 5.82 Å². The van der Waals surface area contributed by atoms with Crippen LogP contribution in [0.15, 0.2) is 54.6 Å². The average Bonchev–Trinajstić information content (AvgIpc) is 2.66.